The van der Waals surface area contributed by atoms with E-state index in [0.29, 0.717) is 51.9 Å². The summed E-state index contributed by atoms with van der Waals surface area (Å²) in [5.74, 6) is 0.768. The smallest absolute Gasteiger partial charge is 0.387 e. The van der Waals surface area contributed by atoms with E-state index in [1.807, 2.05) is 62.4 Å². The number of carbonyl (C=O) groups excluding carboxylic acids is 1. The number of halogens is 2. The number of hydrogen-bond donors (Lipinski definition) is 1. The van der Waals surface area contributed by atoms with Gasteiger partial charge in [-0.05, 0) is 124 Å². The lowest BCUT2D eigenvalue weighted by atomic mass is 9.91. The van der Waals surface area contributed by atoms with E-state index < -0.39 is 18.6 Å². The third kappa shape index (κ3) is 7.98. The van der Waals surface area contributed by atoms with Crippen LogP contribution in [-0.4, -0.2) is 78.7 Å². The van der Waals surface area contributed by atoms with Gasteiger partial charge in [-0.3, -0.25) is 9.69 Å². The maximum absolute atomic E-state index is 13.4. The number of carbonyl (C=O) groups is 1. The molecule has 2 fully saturated rings. The lowest BCUT2D eigenvalue weighted by Crippen LogP contribution is -2.32. The van der Waals surface area contributed by atoms with Gasteiger partial charge < -0.3 is 28.5 Å². The van der Waals surface area contributed by atoms with Gasteiger partial charge in [-0.1, -0.05) is 24.3 Å². The fourth-order valence-electron chi connectivity index (χ4n) is 8.25. The Labute approximate surface area is 329 Å². The molecule has 4 aromatic carbocycles. The third-order valence-electron chi connectivity index (χ3n) is 11.0. The number of rotatable bonds is 12. The Morgan fingerprint density at radius 2 is 1.68 bits per heavy atom. The second-order valence-electron chi connectivity index (χ2n) is 15.3. The SMILES string of the molecule is Cc1c(-c2nc3cc(COC(=O)[C@@H]4CCCN4)c(OC(F)F)cc3o2)cccc1-c1cccc(-c2nc3cc(CN4CCC(CN(C)C)C4)cc(C#N)c3o2)c1C. The van der Waals surface area contributed by atoms with Crippen molar-refractivity contribution in [1.82, 2.24) is 25.1 Å². The van der Waals surface area contributed by atoms with Crippen LogP contribution in [0.25, 0.3) is 56.2 Å². The van der Waals surface area contributed by atoms with Crippen molar-refractivity contribution < 1.29 is 31.9 Å². The molecular weight excluding hydrogens is 731 g/mol. The minimum atomic E-state index is -3.09. The van der Waals surface area contributed by atoms with Crippen LogP contribution in [0.5, 0.6) is 5.75 Å². The number of benzene rings is 4. The zero-order chi connectivity index (χ0) is 39.8. The molecule has 8 rings (SSSR count). The zero-order valence-electron chi connectivity index (χ0n) is 32.4. The number of likely N-dealkylation sites (tertiary alicyclic amines) is 1. The highest BCUT2D eigenvalue weighted by Crippen LogP contribution is 2.39. The summed E-state index contributed by atoms with van der Waals surface area (Å²) < 4.78 is 49.6. The Kier molecular flexibility index (Phi) is 10.8. The molecule has 2 saturated heterocycles. The summed E-state index contributed by atoms with van der Waals surface area (Å²) >= 11 is 0. The molecule has 0 spiro atoms. The average molecular weight is 775 g/mol. The molecule has 2 aromatic heterocycles. The van der Waals surface area contributed by atoms with Gasteiger partial charge in [0, 0.05) is 42.4 Å². The number of fused-ring (bicyclic) bond motifs is 2. The molecule has 0 saturated carbocycles. The summed E-state index contributed by atoms with van der Waals surface area (Å²) in [6, 6.07) is 20.5. The lowest BCUT2D eigenvalue weighted by molar-refractivity contribution is -0.147. The molecule has 0 aliphatic carbocycles. The van der Waals surface area contributed by atoms with E-state index >= 15 is 0 Å². The molecule has 13 heteroatoms. The predicted molar refractivity (Wildman–Crippen MR) is 211 cm³/mol. The van der Waals surface area contributed by atoms with Gasteiger partial charge in [-0.2, -0.15) is 14.0 Å². The average Bonchev–Trinajstić information content (AvgIpc) is 4.01. The molecular formula is C44H44F2N6O5. The minimum absolute atomic E-state index is 0.150. The van der Waals surface area contributed by atoms with Gasteiger partial charge in [0.1, 0.15) is 35.5 Å². The summed E-state index contributed by atoms with van der Waals surface area (Å²) in [5, 5.41) is 13.2. The molecule has 11 nitrogen and oxygen atoms in total. The molecule has 1 unspecified atom stereocenters. The molecule has 0 radical (unpaired) electrons. The number of aromatic nitrogens is 2. The summed E-state index contributed by atoms with van der Waals surface area (Å²) in [6.07, 6.45) is 2.68. The lowest BCUT2D eigenvalue weighted by Gasteiger charge is -2.18. The first-order chi connectivity index (χ1) is 27.5. The van der Waals surface area contributed by atoms with E-state index in [1.54, 1.807) is 6.07 Å². The van der Waals surface area contributed by atoms with Gasteiger partial charge in [0.15, 0.2) is 11.2 Å². The van der Waals surface area contributed by atoms with Crippen molar-refractivity contribution >= 4 is 28.2 Å². The molecule has 2 atom stereocenters. The third-order valence-corrected chi connectivity index (χ3v) is 11.0. The quantitative estimate of drug-likeness (QED) is 0.121. The first-order valence-corrected chi connectivity index (χ1v) is 19.2. The largest absolute Gasteiger partial charge is 0.460 e. The van der Waals surface area contributed by atoms with Crippen LogP contribution in [0.15, 0.2) is 69.5 Å². The highest BCUT2D eigenvalue weighted by molar-refractivity contribution is 5.86. The van der Waals surface area contributed by atoms with E-state index in [1.165, 1.54) is 6.07 Å². The Bertz CT molecular complexity index is 2500. The second-order valence-corrected chi connectivity index (χ2v) is 15.3. The van der Waals surface area contributed by atoms with E-state index in [0.717, 1.165) is 78.9 Å². The van der Waals surface area contributed by atoms with Crippen LogP contribution in [0.4, 0.5) is 8.78 Å². The molecule has 0 amide bonds. The monoisotopic (exact) mass is 774 g/mol. The van der Waals surface area contributed by atoms with Gasteiger partial charge in [0.05, 0.1) is 5.56 Å². The number of ether oxygens (including phenoxy) is 2. The van der Waals surface area contributed by atoms with Crippen LogP contribution in [-0.2, 0) is 22.7 Å². The molecule has 0 bridgehead atoms. The second kappa shape index (κ2) is 16.1. The fraction of sp³-hybridized carbons (Fsp3) is 0.364. The number of hydrogen-bond acceptors (Lipinski definition) is 11. The van der Waals surface area contributed by atoms with Gasteiger partial charge in [0.2, 0.25) is 11.8 Å². The first-order valence-electron chi connectivity index (χ1n) is 19.2. The van der Waals surface area contributed by atoms with Crippen LogP contribution >= 0.6 is 0 Å². The maximum atomic E-state index is 13.4. The zero-order valence-corrected chi connectivity index (χ0v) is 32.4. The van der Waals surface area contributed by atoms with Crippen LogP contribution < -0.4 is 10.1 Å². The Morgan fingerprint density at radius 3 is 2.35 bits per heavy atom. The number of nitriles is 1. The number of oxazole rings is 2. The van der Waals surface area contributed by atoms with Crippen LogP contribution in [0.1, 0.15) is 47.1 Å². The van der Waals surface area contributed by atoms with Crippen molar-refractivity contribution in [1.29, 1.82) is 5.26 Å². The van der Waals surface area contributed by atoms with Crippen molar-refractivity contribution in [3.05, 3.63) is 88.5 Å². The molecule has 2 aliphatic rings. The van der Waals surface area contributed by atoms with Crippen LogP contribution in [0, 0.1) is 31.1 Å². The maximum Gasteiger partial charge on any atom is 0.387 e. The number of alkyl halides is 2. The fourth-order valence-corrected chi connectivity index (χ4v) is 8.25. The Morgan fingerprint density at radius 1 is 0.982 bits per heavy atom. The van der Waals surface area contributed by atoms with Gasteiger partial charge in [-0.25, -0.2) is 9.97 Å². The Balaban J connectivity index is 1.08. The highest BCUT2D eigenvalue weighted by atomic mass is 19.3. The summed E-state index contributed by atoms with van der Waals surface area (Å²) in [6.45, 7) is 5.23. The normalized spacial score (nSPS) is 17.3. The summed E-state index contributed by atoms with van der Waals surface area (Å²) in [5.41, 5.74) is 8.74. The van der Waals surface area contributed by atoms with Crippen molar-refractivity contribution in [2.24, 2.45) is 5.92 Å². The van der Waals surface area contributed by atoms with Gasteiger partial charge in [-0.15, -0.1) is 0 Å². The van der Waals surface area contributed by atoms with Crippen molar-refractivity contribution in [2.75, 3.05) is 40.3 Å². The predicted octanol–water partition coefficient (Wildman–Crippen LogP) is 8.24. The Hall–Kier alpha value is -5.68. The molecule has 6 aromatic rings. The van der Waals surface area contributed by atoms with Gasteiger partial charge >= 0.3 is 12.6 Å². The highest BCUT2D eigenvalue weighted by Gasteiger charge is 2.26. The van der Waals surface area contributed by atoms with Crippen molar-refractivity contribution in [3.63, 3.8) is 0 Å². The topological polar surface area (TPSA) is 130 Å². The molecule has 2 aliphatic heterocycles. The summed E-state index contributed by atoms with van der Waals surface area (Å²) in [4.78, 5) is 26.9. The first kappa shape index (κ1) is 38.2. The van der Waals surface area contributed by atoms with Gasteiger partial charge in [0.25, 0.3) is 0 Å². The number of nitrogens with zero attached hydrogens (tertiary/aromatic N) is 5. The van der Waals surface area contributed by atoms with E-state index in [4.69, 9.17) is 28.3 Å². The number of esters is 1. The van der Waals surface area contributed by atoms with E-state index in [2.05, 4.69) is 35.3 Å². The van der Waals surface area contributed by atoms with E-state index in [-0.39, 0.29) is 23.5 Å². The minimum Gasteiger partial charge on any atom is -0.460 e. The molecule has 4 heterocycles. The van der Waals surface area contributed by atoms with Crippen LogP contribution in [0.3, 0.4) is 0 Å². The van der Waals surface area contributed by atoms with Crippen molar-refractivity contribution in [3.8, 4) is 45.9 Å². The number of nitrogens with one attached hydrogen (secondary N) is 1. The standard InChI is InChI=1S/C44H44F2N6O5/c1-25-31(8-5-10-33(25)41-49-36-18-30(24-54-43(53)35-12-7-14-48-35)38(56-44(45)46)19-39(36)55-41)32-9-6-11-34(26(32)2)42-50-37-17-28(16-29(20-47)40(37)57-42)23-52-15-13-27(22-52)21-51(3)4/h5-6,8-11,16-19,27,35,44,48H,7,12-15,21-24H2,1-4H3/t27?,35-/m0/s1. The molecule has 294 valence electrons. The van der Waals surface area contributed by atoms with Crippen LogP contribution in [0.2, 0.25) is 0 Å². The van der Waals surface area contributed by atoms with E-state index in [9.17, 15) is 18.8 Å². The van der Waals surface area contributed by atoms with Crippen molar-refractivity contribution in [2.45, 2.75) is 58.9 Å². The molecule has 57 heavy (non-hydrogen) atoms. The molecule has 1 N–H and O–H groups in total. The summed E-state index contributed by atoms with van der Waals surface area (Å²) in [7, 11) is 4.22.